The largest absolute Gasteiger partial charge is 0.397 e. The number of nitrogens with one attached hydrogen (secondary N) is 2. The van der Waals surface area contributed by atoms with Crippen LogP contribution in [0.25, 0.3) is 10.9 Å². The smallest absolute Gasteiger partial charge is 0.370 e. The van der Waals surface area contributed by atoms with E-state index in [4.69, 9.17) is 11.5 Å². The van der Waals surface area contributed by atoms with Crippen LogP contribution >= 0.6 is 0 Å². The molecule has 1 aliphatic rings. The minimum atomic E-state index is -4.62. The predicted octanol–water partition coefficient (Wildman–Crippen LogP) is 2.83. The van der Waals surface area contributed by atoms with E-state index in [1.54, 1.807) is 6.07 Å². The van der Waals surface area contributed by atoms with Crippen molar-refractivity contribution in [2.24, 2.45) is 16.5 Å². The van der Waals surface area contributed by atoms with Crippen molar-refractivity contribution in [2.75, 3.05) is 10.6 Å². The zero-order chi connectivity index (χ0) is 21.9. The fourth-order valence-electron chi connectivity index (χ4n) is 3.56. The molecule has 1 aliphatic carbocycles. The van der Waals surface area contributed by atoms with Crippen molar-refractivity contribution in [3.05, 3.63) is 23.8 Å². The van der Waals surface area contributed by atoms with Gasteiger partial charge in [-0.1, -0.05) is 24.5 Å². The van der Waals surface area contributed by atoms with Gasteiger partial charge in [-0.2, -0.15) is 18.2 Å². The molecule has 30 heavy (non-hydrogen) atoms. The average molecular weight is 423 g/mol. The fourth-order valence-corrected chi connectivity index (χ4v) is 3.56. The Kier molecular flexibility index (Phi) is 6.28. The molecule has 0 spiro atoms. The van der Waals surface area contributed by atoms with Gasteiger partial charge in [0.15, 0.2) is 5.96 Å². The second kappa shape index (κ2) is 8.72. The van der Waals surface area contributed by atoms with E-state index in [1.807, 2.05) is 19.1 Å². The number of hydrogen-bond donors (Lipinski definition) is 4. The molecular weight excluding hydrogens is 399 g/mol. The molecule has 0 bridgehead atoms. The van der Waals surface area contributed by atoms with Crippen molar-refractivity contribution in [2.45, 2.75) is 57.3 Å². The van der Waals surface area contributed by atoms with Crippen LogP contribution in [0.1, 0.15) is 37.7 Å². The number of carbonyl (C=O) groups excluding carboxylic acids is 1. The number of guanidine groups is 1. The lowest BCUT2D eigenvalue weighted by molar-refractivity contribution is -0.150. The van der Waals surface area contributed by atoms with E-state index in [2.05, 4.69) is 25.6 Å². The van der Waals surface area contributed by atoms with Crippen LogP contribution < -0.4 is 22.1 Å². The third-order valence-electron chi connectivity index (χ3n) is 4.83. The molecule has 2 unspecified atom stereocenters. The molecule has 0 saturated heterocycles. The minimum Gasteiger partial charge on any atom is -0.370 e. The number of hydrogen-bond acceptors (Lipinski definition) is 5. The summed E-state index contributed by atoms with van der Waals surface area (Å²) < 4.78 is 37.5. The van der Waals surface area contributed by atoms with Gasteiger partial charge >= 0.3 is 6.18 Å². The molecule has 3 rings (SSSR count). The molecule has 6 N–H and O–H groups in total. The second-order valence-electron chi connectivity index (χ2n) is 7.41. The van der Waals surface area contributed by atoms with Gasteiger partial charge in [0.05, 0.1) is 17.6 Å². The number of anilines is 2. The number of rotatable bonds is 5. The Hall–Kier alpha value is -3.11. The molecule has 11 heteroatoms. The summed E-state index contributed by atoms with van der Waals surface area (Å²) in [6.07, 6.45) is -2.66. The van der Waals surface area contributed by atoms with E-state index in [1.165, 1.54) is 0 Å². The van der Waals surface area contributed by atoms with Gasteiger partial charge in [0.25, 0.3) is 0 Å². The van der Waals surface area contributed by atoms with Gasteiger partial charge in [-0.05, 0) is 31.9 Å². The van der Waals surface area contributed by atoms with Crippen LogP contribution in [0.15, 0.2) is 23.2 Å². The summed E-state index contributed by atoms with van der Waals surface area (Å²) in [6, 6.07) is 5.16. The number of aliphatic imine (C=N–C) groups is 1. The maximum atomic E-state index is 12.5. The summed E-state index contributed by atoms with van der Waals surface area (Å²) in [6.45, 7) is 1.91. The first-order valence-electron chi connectivity index (χ1n) is 9.61. The lowest BCUT2D eigenvalue weighted by Crippen LogP contribution is -2.38. The van der Waals surface area contributed by atoms with Gasteiger partial charge in [-0.25, -0.2) is 9.98 Å². The summed E-state index contributed by atoms with van der Waals surface area (Å²) in [4.78, 5) is 24.5. The quantitative estimate of drug-likeness (QED) is 0.432. The fraction of sp³-hybridized carbons (Fsp3) is 0.474. The third-order valence-corrected chi connectivity index (χ3v) is 4.83. The van der Waals surface area contributed by atoms with Crippen molar-refractivity contribution in [3.63, 3.8) is 0 Å². The number of aryl methyl sites for hydroxylation is 1. The van der Waals surface area contributed by atoms with E-state index >= 15 is 0 Å². The molecule has 1 aromatic carbocycles. The number of benzene rings is 1. The first-order valence-corrected chi connectivity index (χ1v) is 9.61. The number of fused-ring (bicyclic) bond motifs is 1. The molecule has 1 fully saturated rings. The van der Waals surface area contributed by atoms with Gasteiger partial charge in [0.2, 0.25) is 11.9 Å². The molecule has 0 aliphatic heterocycles. The van der Waals surface area contributed by atoms with Gasteiger partial charge in [0.1, 0.15) is 12.2 Å². The van der Waals surface area contributed by atoms with Crippen molar-refractivity contribution >= 4 is 34.5 Å². The van der Waals surface area contributed by atoms with Crippen molar-refractivity contribution in [3.8, 4) is 0 Å². The molecule has 8 nitrogen and oxygen atoms in total. The van der Waals surface area contributed by atoms with Gasteiger partial charge < -0.3 is 16.8 Å². The van der Waals surface area contributed by atoms with Crippen LogP contribution in [0.2, 0.25) is 0 Å². The Morgan fingerprint density at radius 1 is 1.23 bits per heavy atom. The van der Waals surface area contributed by atoms with E-state index in [-0.39, 0.29) is 24.0 Å². The summed E-state index contributed by atoms with van der Waals surface area (Å²) in [5, 5.41) is 6.16. The average Bonchev–Trinajstić information content (AvgIpc) is 2.62. The van der Waals surface area contributed by atoms with Crippen molar-refractivity contribution in [1.29, 1.82) is 0 Å². The highest BCUT2D eigenvalue weighted by Crippen LogP contribution is 2.29. The summed E-state index contributed by atoms with van der Waals surface area (Å²) >= 11 is 0. The molecule has 2 atom stereocenters. The minimum absolute atomic E-state index is 0.00260. The monoisotopic (exact) mass is 423 g/mol. The number of nitrogens with two attached hydrogens (primary N) is 2. The Morgan fingerprint density at radius 2 is 1.97 bits per heavy atom. The maximum Gasteiger partial charge on any atom is 0.397 e. The van der Waals surface area contributed by atoms with Crippen LogP contribution in [-0.2, 0) is 4.79 Å². The van der Waals surface area contributed by atoms with E-state index in [9.17, 15) is 18.0 Å². The Balaban J connectivity index is 1.94. The molecular formula is C19H24F3N7O. The summed E-state index contributed by atoms with van der Waals surface area (Å²) in [7, 11) is 0. The van der Waals surface area contributed by atoms with Crippen LogP contribution in [0.5, 0.6) is 0 Å². The Bertz CT molecular complexity index is 957. The zero-order valence-electron chi connectivity index (χ0n) is 16.5. The number of amides is 1. The number of alkyl halides is 3. The Morgan fingerprint density at radius 3 is 2.67 bits per heavy atom. The van der Waals surface area contributed by atoms with Crippen molar-refractivity contribution < 1.29 is 18.0 Å². The maximum absolute atomic E-state index is 12.5. The highest BCUT2D eigenvalue weighted by atomic mass is 19.4. The van der Waals surface area contributed by atoms with Crippen LogP contribution in [0.3, 0.4) is 0 Å². The number of aromatic nitrogens is 2. The number of carbonyl (C=O) groups is 1. The zero-order valence-corrected chi connectivity index (χ0v) is 16.5. The molecule has 2 aromatic rings. The van der Waals surface area contributed by atoms with E-state index in [0.717, 1.165) is 31.2 Å². The number of halogens is 3. The van der Waals surface area contributed by atoms with Crippen molar-refractivity contribution in [1.82, 2.24) is 9.97 Å². The predicted molar refractivity (Wildman–Crippen MR) is 109 cm³/mol. The lowest BCUT2D eigenvalue weighted by Gasteiger charge is -2.30. The third kappa shape index (κ3) is 5.71. The summed E-state index contributed by atoms with van der Waals surface area (Å²) in [5.41, 5.74) is 12.6. The molecule has 1 saturated carbocycles. The molecule has 1 aromatic heterocycles. The van der Waals surface area contributed by atoms with Gasteiger partial charge in [0, 0.05) is 5.39 Å². The molecule has 1 amide bonds. The normalized spacial score (nSPS) is 19.3. The topological polar surface area (TPSA) is 131 Å². The Labute approximate surface area is 171 Å². The SMILES string of the molecule is Cc1ccc2nc(NC(=O)CC(F)(F)F)nc(NC3CCCCC3N=C(N)N)c2c1. The highest BCUT2D eigenvalue weighted by Gasteiger charge is 2.32. The van der Waals surface area contributed by atoms with Gasteiger partial charge in [-0.15, -0.1) is 0 Å². The van der Waals surface area contributed by atoms with Gasteiger partial charge in [-0.3, -0.25) is 10.1 Å². The first-order chi connectivity index (χ1) is 14.1. The van der Waals surface area contributed by atoms with E-state index in [0.29, 0.717) is 16.7 Å². The molecule has 0 radical (unpaired) electrons. The molecule has 1 heterocycles. The lowest BCUT2D eigenvalue weighted by atomic mass is 9.90. The van der Waals surface area contributed by atoms with Crippen LogP contribution in [-0.4, -0.2) is 40.1 Å². The summed E-state index contributed by atoms with van der Waals surface area (Å²) in [5.74, 6) is -1.01. The van der Waals surface area contributed by atoms with Crippen LogP contribution in [0, 0.1) is 6.92 Å². The highest BCUT2D eigenvalue weighted by molar-refractivity contribution is 5.94. The number of nitrogens with zero attached hydrogens (tertiary/aromatic N) is 3. The molecule has 162 valence electrons. The first kappa shape index (κ1) is 21.6. The van der Waals surface area contributed by atoms with Crippen LogP contribution in [0.4, 0.5) is 24.9 Å². The van der Waals surface area contributed by atoms with E-state index < -0.39 is 18.5 Å². The second-order valence-corrected chi connectivity index (χ2v) is 7.41. The standard InChI is InChI=1S/C19H24F3N7O/c1-10-6-7-12-11(8-10)16(25-13-4-2-3-5-14(13)26-17(23)24)29-18(27-12)28-15(30)9-19(20,21)22/h6-8,13-14H,2-5,9H2,1H3,(H4,23,24,26)(H2,25,27,28,29,30).